The van der Waals surface area contributed by atoms with Crippen molar-refractivity contribution in [2.45, 2.75) is 32.2 Å². The number of carbonyl (C=O) groups excluding carboxylic acids is 1. The molecule has 1 unspecified atom stereocenters. The summed E-state index contributed by atoms with van der Waals surface area (Å²) in [4.78, 5) is 12.5. The minimum Gasteiger partial charge on any atom is -0.471 e. The number of hydrogen-bond donors (Lipinski definition) is 0. The first-order chi connectivity index (χ1) is 15.7. The Labute approximate surface area is 189 Å². The van der Waals surface area contributed by atoms with Gasteiger partial charge in [0.15, 0.2) is 17.1 Å². The zero-order valence-corrected chi connectivity index (χ0v) is 18.0. The van der Waals surface area contributed by atoms with Crippen LogP contribution in [0.3, 0.4) is 0 Å². The molecule has 0 heterocycles. The highest BCUT2D eigenvalue weighted by Gasteiger charge is 2.34. The van der Waals surface area contributed by atoms with E-state index in [1.807, 2.05) is 30.3 Å². The Hall–Kier alpha value is -3.92. The Morgan fingerprint density at radius 3 is 2.12 bits per heavy atom. The van der Waals surface area contributed by atoms with Gasteiger partial charge in [0, 0.05) is 5.56 Å². The lowest BCUT2D eigenvalue weighted by molar-refractivity contribution is -0.275. The third-order valence-corrected chi connectivity index (χ3v) is 4.61. The summed E-state index contributed by atoms with van der Waals surface area (Å²) in [6, 6.07) is 20.8. The van der Waals surface area contributed by atoms with Gasteiger partial charge < -0.3 is 14.2 Å². The molecule has 3 aromatic rings. The van der Waals surface area contributed by atoms with Crippen LogP contribution in [0.5, 0.6) is 17.2 Å². The molecule has 33 heavy (non-hydrogen) atoms. The molecular weight excluding hydrogens is 433 g/mol. The summed E-state index contributed by atoms with van der Waals surface area (Å²) in [6.45, 7) is 3.44. The summed E-state index contributed by atoms with van der Waals surface area (Å²) in [5.41, 5.74) is -0.424. The van der Waals surface area contributed by atoms with Gasteiger partial charge in [0.1, 0.15) is 5.75 Å². The molecule has 0 bridgehead atoms. The molecule has 4 nitrogen and oxygen atoms in total. The van der Waals surface area contributed by atoms with Gasteiger partial charge in [-0.05, 0) is 55.8 Å². The molecule has 3 rings (SSSR count). The maximum Gasteiger partial charge on any atom is 0.573 e. The number of ether oxygens (including phenoxy) is 3. The number of carbonyl (C=O) groups is 1. The Bertz CT molecular complexity index is 1150. The fraction of sp³-hybridized carbons (Fsp3) is 0.192. The molecule has 0 aliphatic carbocycles. The van der Waals surface area contributed by atoms with Crippen molar-refractivity contribution in [2.24, 2.45) is 0 Å². The van der Waals surface area contributed by atoms with E-state index < -0.39 is 23.7 Å². The molecule has 0 amide bonds. The topological polar surface area (TPSA) is 44.8 Å². The molecule has 0 spiro atoms. The maximum absolute atomic E-state index is 13.0. The molecule has 0 aliphatic rings. The van der Waals surface area contributed by atoms with Gasteiger partial charge in [-0.1, -0.05) is 55.2 Å². The first-order valence-corrected chi connectivity index (χ1v) is 10.1. The van der Waals surface area contributed by atoms with Crippen molar-refractivity contribution in [3.05, 3.63) is 90.0 Å². The van der Waals surface area contributed by atoms with Gasteiger partial charge in [-0.2, -0.15) is 0 Å². The van der Waals surface area contributed by atoms with E-state index in [-0.39, 0.29) is 11.3 Å². The van der Waals surface area contributed by atoms with Crippen LogP contribution in [0.1, 0.15) is 36.2 Å². The number of esters is 1. The first kappa shape index (κ1) is 23.7. The van der Waals surface area contributed by atoms with Gasteiger partial charge in [0.05, 0.1) is 5.56 Å². The van der Waals surface area contributed by atoms with E-state index in [1.54, 1.807) is 44.2 Å². The zero-order valence-electron chi connectivity index (χ0n) is 18.0. The van der Waals surface area contributed by atoms with Crippen LogP contribution >= 0.6 is 0 Å². The van der Waals surface area contributed by atoms with Gasteiger partial charge >= 0.3 is 12.3 Å². The Balaban J connectivity index is 1.93. The SMILES string of the molecule is CCC(C)(C#Cc1ccccc1)Oc1cc(C(=O)Oc2ccccc2)ccc1OC(F)(F)F. The van der Waals surface area contributed by atoms with Crippen molar-refractivity contribution in [3.63, 3.8) is 0 Å². The third-order valence-electron chi connectivity index (χ3n) is 4.61. The predicted molar refractivity (Wildman–Crippen MR) is 117 cm³/mol. The lowest BCUT2D eigenvalue weighted by Gasteiger charge is -2.26. The molecule has 0 saturated heterocycles. The van der Waals surface area contributed by atoms with Crippen molar-refractivity contribution < 1.29 is 32.2 Å². The van der Waals surface area contributed by atoms with Crippen LogP contribution in [0.2, 0.25) is 0 Å². The Kier molecular flexibility index (Phi) is 7.29. The summed E-state index contributed by atoms with van der Waals surface area (Å²) < 4.78 is 54.1. The molecule has 0 radical (unpaired) electrons. The van der Waals surface area contributed by atoms with Crippen molar-refractivity contribution in [2.75, 3.05) is 0 Å². The van der Waals surface area contributed by atoms with Gasteiger partial charge in [-0.15, -0.1) is 13.2 Å². The van der Waals surface area contributed by atoms with Crippen LogP contribution in [0.4, 0.5) is 13.2 Å². The van der Waals surface area contributed by atoms with E-state index in [4.69, 9.17) is 9.47 Å². The number of halogens is 3. The summed E-state index contributed by atoms with van der Waals surface area (Å²) in [7, 11) is 0. The number of para-hydroxylation sites is 1. The second kappa shape index (κ2) is 10.1. The quantitative estimate of drug-likeness (QED) is 0.246. The van der Waals surface area contributed by atoms with Crippen LogP contribution in [-0.4, -0.2) is 17.9 Å². The average molecular weight is 454 g/mol. The van der Waals surface area contributed by atoms with E-state index in [0.29, 0.717) is 12.2 Å². The molecule has 0 fully saturated rings. The first-order valence-electron chi connectivity index (χ1n) is 10.1. The molecular formula is C26H21F3O4. The summed E-state index contributed by atoms with van der Waals surface area (Å²) in [5, 5.41) is 0. The normalized spacial score (nSPS) is 12.6. The minimum atomic E-state index is -4.94. The highest BCUT2D eigenvalue weighted by Crippen LogP contribution is 2.36. The summed E-state index contributed by atoms with van der Waals surface area (Å²) in [5.74, 6) is 4.62. The fourth-order valence-corrected chi connectivity index (χ4v) is 2.73. The highest BCUT2D eigenvalue weighted by molar-refractivity contribution is 5.91. The third kappa shape index (κ3) is 7.04. The van der Waals surface area contributed by atoms with E-state index in [2.05, 4.69) is 16.6 Å². The molecule has 7 heteroatoms. The molecule has 0 aliphatic heterocycles. The van der Waals surface area contributed by atoms with Crippen molar-refractivity contribution in [1.82, 2.24) is 0 Å². The molecule has 170 valence electrons. The van der Waals surface area contributed by atoms with Crippen LogP contribution in [0.15, 0.2) is 78.9 Å². The molecule has 0 aromatic heterocycles. The predicted octanol–water partition coefficient (Wildman–Crippen LogP) is 6.40. The van der Waals surface area contributed by atoms with Gasteiger partial charge in [-0.3, -0.25) is 0 Å². The monoisotopic (exact) mass is 454 g/mol. The fourth-order valence-electron chi connectivity index (χ4n) is 2.73. The average Bonchev–Trinajstić information content (AvgIpc) is 2.79. The maximum atomic E-state index is 13.0. The lowest BCUT2D eigenvalue weighted by atomic mass is 10.0. The van der Waals surface area contributed by atoms with Crippen molar-refractivity contribution >= 4 is 5.97 Å². The summed E-state index contributed by atoms with van der Waals surface area (Å²) in [6.07, 6.45) is -4.58. The van der Waals surface area contributed by atoms with E-state index in [0.717, 1.165) is 17.7 Å². The Morgan fingerprint density at radius 1 is 0.879 bits per heavy atom. The number of hydrogen-bond acceptors (Lipinski definition) is 4. The molecule has 0 saturated carbocycles. The van der Waals surface area contributed by atoms with Crippen LogP contribution in [0, 0.1) is 11.8 Å². The van der Waals surface area contributed by atoms with Crippen LogP contribution in [0.25, 0.3) is 0 Å². The van der Waals surface area contributed by atoms with E-state index >= 15 is 0 Å². The minimum absolute atomic E-state index is 0.00199. The van der Waals surface area contributed by atoms with Crippen LogP contribution in [-0.2, 0) is 0 Å². The number of alkyl halides is 3. The number of rotatable bonds is 6. The highest BCUT2D eigenvalue weighted by atomic mass is 19.4. The van der Waals surface area contributed by atoms with E-state index in [1.165, 1.54) is 6.07 Å². The van der Waals surface area contributed by atoms with Crippen molar-refractivity contribution in [1.29, 1.82) is 0 Å². The molecule has 3 aromatic carbocycles. The second-order valence-electron chi connectivity index (χ2n) is 7.21. The second-order valence-corrected chi connectivity index (χ2v) is 7.21. The summed E-state index contributed by atoms with van der Waals surface area (Å²) >= 11 is 0. The van der Waals surface area contributed by atoms with Gasteiger partial charge in [-0.25, -0.2) is 4.79 Å². The lowest BCUT2D eigenvalue weighted by Crippen LogP contribution is -2.30. The van der Waals surface area contributed by atoms with Crippen molar-refractivity contribution in [3.8, 4) is 29.1 Å². The van der Waals surface area contributed by atoms with Gasteiger partial charge in [0.25, 0.3) is 0 Å². The standard InChI is InChI=1S/C26H21F3O4/c1-3-25(2,17-16-19-10-6-4-7-11-19)32-23-18-20(14-15-22(23)33-26(27,28)29)24(30)31-21-12-8-5-9-13-21/h4-15,18H,3H2,1-2H3. The molecule has 0 N–H and O–H groups in total. The zero-order chi connectivity index (χ0) is 23.9. The smallest absolute Gasteiger partial charge is 0.471 e. The van der Waals surface area contributed by atoms with Crippen LogP contribution < -0.4 is 14.2 Å². The Morgan fingerprint density at radius 2 is 1.52 bits per heavy atom. The largest absolute Gasteiger partial charge is 0.573 e. The van der Waals surface area contributed by atoms with E-state index in [9.17, 15) is 18.0 Å². The number of benzene rings is 3. The van der Waals surface area contributed by atoms with Gasteiger partial charge in [0.2, 0.25) is 0 Å². The molecule has 1 atom stereocenters.